The summed E-state index contributed by atoms with van der Waals surface area (Å²) in [7, 11) is -3.46. The van der Waals surface area contributed by atoms with E-state index in [2.05, 4.69) is 5.10 Å². The third-order valence-corrected chi connectivity index (χ3v) is 2.43. The standard InChI is InChI=1S/C8H15N3O2S/c1-8(2,3)11-5-7(4-10-11)6-14(9,12)13/h4-5H,6H2,1-3H3,(H2,9,12,13). The van der Waals surface area contributed by atoms with Crippen molar-refractivity contribution in [2.45, 2.75) is 32.1 Å². The van der Waals surface area contributed by atoms with Crippen LogP contribution in [0.4, 0.5) is 0 Å². The summed E-state index contributed by atoms with van der Waals surface area (Å²) >= 11 is 0. The Hall–Kier alpha value is -0.880. The summed E-state index contributed by atoms with van der Waals surface area (Å²) in [6, 6.07) is 0. The van der Waals surface area contributed by atoms with Gasteiger partial charge in [-0.25, -0.2) is 13.6 Å². The highest BCUT2D eigenvalue weighted by Gasteiger charge is 2.15. The molecule has 2 N–H and O–H groups in total. The van der Waals surface area contributed by atoms with Crippen molar-refractivity contribution in [2.75, 3.05) is 0 Å². The molecule has 0 aliphatic carbocycles. The third-order valence-electron chi connectivity index (χ3n) is 1.69. The fourth-order valence-corrected chi connectivity index (χ4v) is 1.65. The van der Waals surface area contributed by atoms with Crippen LogP contribution in [0, 0.1) is 0 Å². The van der Waals surface area contributed by atoms with Gasteiger partial charge in [0.15, 0.2) is 0 Å². The lowest BCUT2D eigenvalue weighted by Gasteiger charge is -2.18. The lowest BCUT2D eigenvalue weighted by Crippen LogP contribution is -2.22. The number of rotatable bonds is 2. The summed E-state index contributed by atoms with van der Waals surface area (Å²) in [5.74, 6) is -0.164. The second-order valence-corrected chi connectivity index (χ2v) is 5.89. The van der Waals surface area contributed by atoms with E-state index in [-0.39, 0.29) is 11.3 Å². The van der Waals surface area contributed by atoms with Gasteiger partial charge in [0.1, 0.15) is 0 Å². The summed E-state index contributed by atoms with van der Waals surface area (Å²) in [4.78, 5) is 0. The maximum absolute atomic E-state index is 10.8. The van der Waals surface area contributed by atoms with Crippen molar-refractivity contribution in [3.63, 3.8) is 0 Å². The molecule has 0 fully saturated rings. The van der Waals surface area contributed by atoms with Crippen molar-refractivity contribution >= 4 is 10.0 Å². The Morgan fingerprint density at radius 2 is 2.07 bits per heavy atom. The molecule has 0 saturated carbocycles. The first-order valence-electron chi connectivity index (χ1n) is 4.23. The highest BCUT2D eigenvalue weighted by Crippen LogP contribution is 2.13. The Bertz CT molecular complexity index is 414. The van der Waals surface area contributed by atoms with E-state index in [1.807, 2.05) is 20.8 Å². The summed E-state index contributed by atoms with van der Waals surface area (Å²) in [5, 5.41) is 8.99. The van der Waals surface area contributed by atoms with Crippen LogP contribution in [0.5, 0.6) is 0 Å². The van der Waals surface area contributed by atoms with Gasteiger partial charge in [-0.2, -0.15) is 5.10 Å². The Balaban J connectivity index is 2.90. The van der Waals surface area contributed by atoms with Crippen LogP contribution in [0.3, 0.4) is 0 Å². The average Bonchev–Trinajstić information content (AvgIpc) is 2.29. The molecule has 0 amide bonds. The van der Waals surface area contributed by atoms with E-state index in [4.69, 9.17) is 5.14 Å². The number of hydrogen-bond donors (Lipinski definition) is 1. The van der Waals surface area contributed by atoms with Crippen LogP contribution in [0.2, 0.25) is 0 Å². The van der Waals surface area contributed by atoms with Gasteiger partial charge in [0, 0.05) is 11.8 Å². The lowest BCUT2D eigenvalue weighted by molar-refractivity contribution is 0.355. The molecule has 0 bridgehead atoms. The maximum atomic E-state index is 10.8. The number of nitrogens with zero attached hydrogens (tertiary/aromatic N) is 2. The van der Waals surface area contributed by atoms with Crippen LogP contribution in [-0.4, -0.2) is 18.2 Å². The normalized spacial score (nSPS) is 13.1. The quantitative estimate of drug-likeness (QED) is 0.780. The van der Waals surface area contributed by atoms with Crippen LogP contribution >= 0.6 is 0 Å². The van der Waals surface area contributed by atoms with E-state index < -0.39 is 10.0 Å². The van der Waals surface area contributed by atoms with E-state index in [0.29, 0.717) is 5.56 Å². The van der Waals surface area contributed by atoms with Crippen LogP contribution in [-0.2, 0) is 21.3 Å². The molecule has 0 aliphatic heterocycles. The van der Waals surface area contributed by atoms with Crippen molar-refractivity contribution in [2.24, 2.45) is 5.14 Å². The molecule has 1 heterocycles. The van der Waals surface area contributed by atoms with Crippen molar-refractivity contribution < 1.29 is 8.42 Å². The van der Waals surface area contributed by atoms with Crippen molar-refractivity contribution in [3.8, 4) is 0 Å². The zero-order valence-corrected chi connectivity index (χ0v) is 9.37. The maximum Gasteiger partial charge on any atom is 0.213 e. The van der Waals surface area contributed by atoms with Gasteiger partial charge in [0.25, 0.3) is 0 Å². The van der Waals surface area contributed by atoms with Crippen LogP contribution in [0.25, 0.3) is 0 Å². The molecule has 0 saturated heterocycles. The number of primary sulfonamides is 1. The summed E-state index contributed by atoms with van der Waals surface area (Å²) < 4.78 is 23.3. The Kier molecular flexibility index (Phi) is 2.69. The van der Waals surface area contributed by atoms with E-state index in [1.165, 1.54) is 6.20 Å². The Morgan fingerprint density at radius 3 is 2.43 bits per heavy atom. The summed E-state index contributed by atoms with van der Waals surface area (Å²) in [6.07, 6.45) is 3.22. The van der Waals surface area contributed by atoms with E-state index in [9.17, 15) is 8.42 Å². The number of nitrogens with two attached hydrogens (primary N) is 1. The summed E-state index contributed by atoms with van der Waals surface area (Å²) in [6.45, 7) is 5.96. The molecule has 1 rings (SSSR count). The van der Waals surface area contributed by atoms with Crippen molar-refractivity contribution in [3.05, 3.63) is 18.0 Å². The minimum atomic E-state index is -3.46. The molecule has 0 aliphatic rings. The molecular formula is C8H15N3O2S. The first-order valence-corrected chi connectivity index (χ1v) is 5.94. The highest BCUT2D eigenvalue weighted by atomic mass is 32.2. The SMILES string of the molecule is CC(C)(C)n1cc(CS(N)(=O)=O)cn1. The number of sulfonamides is 1. The topological polar surface area (TPSA) is 78.0 Å². The smallest absolute Gasteiger partial charge is 0.213 e. The van der Waals surface area contributed by atoms with Crippen LogP contribution < -0.4 is 5.14 Å². The van der Waals surface area contributed by atoms with Gasteiger partial charge >= 0.3 is 0 Å². The first kappa shape index (κ1) is 11.2. The molecule has 0 aromatic carbocycles. The van der Waals surface area contributed by atoms with Gasteiger partial charge in [0.05, 0.1) is 17.5 Å². The monoisotopic (exact) mass is 217 g/mol. The molecular weight excluding hydrogens is 202 g/mol. The Labute approximate surface area is 84.0 Å². The van der Waals surface area contributed by atoms with Gasteiger partial charge in [-0.3, -0.25) is 4.68 Å². The van der Waals surface area contributed by atoms with Gasteiger partial charge in [0.2, 0.25) is 10.0 Å². The molecule has 14 heavy (non-hydrogen) atoms. The molecule has 1 aromatic rings. The zero-order valence-electron chi connectivity index (χ0n) is 8.56. The number of hydrogen-bond acceptors (Lipinski definition) is 3. The van der Waals surface area contributed by atoms with Crippen LogP contribution in [0.15, 0.2) is 12.4 Å². The largest absolute Gasteiger partial charge is 0.267 e. The van der Waals surface area contributed by atoms with Crippen molar-refractivity contribution in [1.29, 1.82) is 0 Å². The van der Waals surface area contributed by atoms with Gasteiger partial charge < -0.3 is 0 Å². The van der Waals surface area contributed by atoms with Gasteiger partial charge in [-0.1, -0.05) is 0 Å². The van der Waals surface area contributed by atoms with Crippen molar-refractivity contribution in [1.82, 2.24) is 9.78 Å². The molecule has 6 heteroatoms. The molecule has 0 atom stereocenters. The molecule has 5 nitrogen and oxygen atoms in total. The van der Waals surface area contributed by atoms with E-state index >= 15 is 0 Å². The fraction of sp³-hybridized carbons (Fsp3) is 0.625. The van der Waals surface area contributed by atoms with E-state index in [0.717, 1.165) is 0 Å². The second kappa shape index (κ2) is 3.36. The molecule has 0 unspecified atom stereocenters. The zero-order chi connectivity index (χ0) is 11.0. The number of aromatic nitrogens is 2. The second-order valence-electron chi connectivity index (χ2n) is 4.27. The molecule has 0 spiro atoms. The van der Waals surface area contributed by atoms with Crippen LogP contribution in [0.1, 0.15) is 26.3 Å². The molecule has 1 aromatic heterocycles. The first-order chi connectivity index (χ1) is 6.18. The fourth-order valence-electron chi connectivity index (χ4n) is 1.03. The van der Waals surface area contributed by atoms with Gasteiger partial charge in [-0.05, 0) is 20.8 Å². The molecule has 0 radical (unpaired) electrons. The van der Waals surface area contributed by atoms with Gasteiger partial charge in [-0.15, -0.1) is 0 Å². The predicted molar refractivity (Wildman–Crippen MR) is 54.0 cm³/mol. The average molecular weight is 217 g/mol. The Morgan fingerprint density at radius 1 is 1.50 bits per heavy atom. The highest BCUT2D eigenvalue weighted by molar-refractivity contribution is 7.88. The third kappa shape index (κ3) is 3.12. The lowest BCUT2D eigenvalue weighted by atomic mass is 10.1. The minimum absolute atomic E-state index is 0.142. The van der Waals surface area contributed by atoms with E-state index in [1.54, 1.807) is 10.9 Å². The predicted octanol–water partition coefficient (Wildman–Crippen LogP) is 0.427. The summed E-state index contributed by atoms with van der Waals surface area (Å²) in [5.41, 5.74) is 0.471. The molecule has 80 valence electrons. The minimum Gasteiger partial charge on any atom is -0.267 e.